The maximum atomic E-state index is 9.55. The molecule has 0 aliphatic rings. The topological polar surface area (TPSA) is 74.6 Å². The van der Waals surface area contributed by atoms with E-state index in [1.165, 1.54) is 51.4 Å². The van der Waals surface area contributed by atoms with Crippen molar-refractivity contribution in [2.24, 2.45) is 0 Å². The van der Waals surface area contributed by atoms with Crippen LogP contribution in [0.4, 0.5) is 0 Å². The van der Waals surface area contributed by atoms with E-state index in [1.54, 1.807) is 24.6 Å². The van der Waals surface area contributed by atoms with Gasteiger partial charge in [-0.1, -0.05) is 0 Å². The predicted molar refractivity (Wildman–Crippen MR) is 112 cm³/mol. The van der Waals surface area contributed by atoms with E-state index in [-0.39, 0.29) is 0 Å². The third-order valence-electron chi connectivity index (χ3n) is 4.61. The fraction of sp³-hybridized carbons (Fsp3) is 0.800. The Kier molecular flexibility index (Phi) is 18.9. The SMILES string of the molecule is CCCC[PH](CCCC)(CCCC)CCCC.O=C(O)/C=C/C(=O)O. The summed E-state index contributed by atoms with van der Waals surface area (Å²) in [4.78, 5) is 19.1. The second-order valence-corrected chi connectivity index (χ2v) is 11.9. The van der Waals surface area contributed by atoms with Crippen molar-refractivity contribution in [1.29, 1.82) is 0 Å². The van der Waals surface area contributed by atoms with Gasteiger partial charge in [-0.15, -0.1) is 0 Å². The Morgan fingerprint density at radius 3 is 1.04 bits per heavy atom. The van der Waals surface area contributed by atoms with Gasteiger partial charge in [-0.3, -0.25) is 0 Å². The summed E-state index contributed by atoms with van der Waals surface area (Å²) >= 11 is 0. The Hall–Kier alpha value is -0.890. The molecule has 2 N–H and O–H groups in total. The summed E-state index contributed by atoms with van der Waals surface area (Å²) in [5, 5.41) is 15.6. The average Bonchev–Trinajstić information content (AvgIpc) is 2.59. The van der Waals surface area contributed by atoms with Crippen molar-refractivity contribution in [3.8, 4) is 0 Å². The molecule has 0 radical (unpaired) electrons. The van der Waals surface area contributed by atoms with Crippen molar-refractivity contribution in [1.82, 2.24) is 0 Å². The van der Waals surface area contributed by atoms with E-state index >= 15 is 0 Å². The fourth-order valence-electron chi connectivity index (χ4n) is 3.10. The summed E-state index contributed by atoms with van der Waals surface area (Å²) in [6.45, 7) is 9.44. The summed E-state index contributed by atoms with van der Waals surface area (Å²) in [6, 6.07) is 0. The molecule has 0 saturated heterocycles. The number of carbonyl (C=O) groups is 2. The Bertz CT molecular complexity index is 313. The minimum atomic E-state index is -1.26. The molecule has 0 heterocycles. The van der Waals surface area contributed by atoms with Crippen LogP contribution in [0, 0.1) is 0 Å². The first-order valence-corrected chi connectivity index (χ1v) is 12.8. The average molecular weight is 377 g/mol. The molecule has 0 unspecified atom stereocenters. The van der Waals surface area contributed by atoms with Crippen LogP contribution in [0.2, 0.25) is 0 Å². The molecule has 0 spiro atoms. The zero-order valence-corrected chi connectivity index (χ0v) is 17.9. The number of carboxylic acid groups (broad SMARTS) is 2. The van der Waals surface area contributed by atoms with Crippen molar-refractivity contribution in [3.63, 3.8) is 0 Å². The molecule has 150 valence electrons. The first-order valence-electron chi connectivity index (χ1n) is 10.0. The second-order valence-electron chi connectivity index (χ2n) is 6.92. The van der Waals surface area contributed by atoms with E-state index in [4.69, 9.17) is 10.2 Å². The number of carboxylic acids is 2. The molecule has 0 bridgehead atoms. The zero-order valence-electron chi connectivity index (χ0n) is 16.9. The van der Waals surface area contributed by atoms with Gasteiger partial charge in [0, 0.05) is 12.2 Å². The van der Waals surface area contributed by atoms with Crippen molar-refractivity contribution in [2.45, 2.75) is 79.1 Å². The van der Waals surface area contributed by atoms with Gasteiger partial charge in [0.1, 0.15) is 0 Å². The van der Waals surface area contributed by atoms with E-state index in [2.05, 4.69) is 27.7 Å². The maximum absolute atomic E-state index is 9.55. The summed E-state index contributed by atoms with van der Waals surface area (Å²) in [6.07, 6.45) is 19.3. The van der Waals surface area contributed by atoms with Crippen LogP contribution in [0.1, 0.15) is 79.1 Å². The minimum absolute atomic E-state index is 0.558. The zero-order chi connectivity index (χ0) is 19.6. The molecule has 0 rings (SSSR count). The smallest absolute Gasteiger partial charge is 0.328 e. The molecule has 5 heteroatoms. The largest absolute Gasteiger partial charge is 0.478 e. The number of hydrogen-bond acceptors (Lipinski definition) is 2. The number of aliphatic carboxylic acids is 2. The van der Waals surface area contributed by atoms with Crippen LogP contribution in [-0.2, 0) is 9.59 Å². The number of hydrogen-bond donors (Lipinski definition) is 2. The van der Waals surface area contributed by atoms with Crippen LogP contribution >= 0.6 is 7.26 Å². The van der Waals surface area contributed by atoms with Gasteiger partial charge in [0.15, 0.2) is 0 Å². The summed E-state index contributed by atoms with van der Waals surface area (Å²) < 4.78 is 0. The number of rotatable bonds is 14. The molecular formula is C20H41O4P. The molecule has 0 fully saturated rings. The monoisotopic (exact) mass is 376 g/mol. The molecule has 0 aromatic heterocycles. The van der Waals surface area contributed by atoms with Gasteiger partial charge in [0.25, 0.3) is 0 Å². The van der Waals surface area contributed by atoms with Gasteiger partial charge in [-0.25, -0.2) is 9.59 Å². The molecule has 0 saturated carbocycles. The summed E-state index contributed by atoms with van der Waals surface area (Å²) in [5.41, 5.74) is 0. The molecule has 0 amide bonds. The van der Waals surface area contributed by atoms with Gasteiger partial charge in [-0.2, -0.15) is 0 Å². The van der Waals surface area contributed by atoms with Crippen molar-refractivity contribution in [3.05, 3.63) is 12.2 Å². The second kappa shape index (κ2) is 17.9. The predicted octanol–water partition coefficient (Wildman–Crippen LogP) is 5.65. The third kappa shape index (κ3) is 17.7. The third-order valence-corrected chi connectivity index (χ3v) is 10.3. The van der Waals surface area contributed by atoms with Crippen molar-refractivity contribution >= 4 is 19.2 Å². The van der Waals surface area contributed by atoms with Gasteiger partial charge in [0.05, 0.1) is 0 Å². The van der Waals surface area contributed by atoms with E-state index in [0.29, 0.717) is 12.2 Å². The molecule has 4 nitrogen and oxygen atoms in total. The van der Waals surface area contributed by atoms with Crippen molar-refractivity contribution in [2.75, 3.05) is 24.6 Å². The molecule has 0 aromatic rings. The minimum Gasteiger partial charge on any atom is -0.478 e. The van der Waals surface area contributed by atoms with Crippen LogP contribution in [0.3, 0.4) is 0 Å². The van der Waals surface area contributed by atoms with Crippen molar-refractivity contribution < 1.29 is 19.8 Å². The Morgan fingerprint density at radius 2 is 0.880 bits per heavy atom. The summed E-state index contributed by atoms with van der Waals surface area (Å²) in [7, 11) is -0.879. The van der Waals surface area contributed by atoms with E-state index in [1.807, 2.05) is 0 Å². The van der Waals surface area contributed by atoms with Gasteiger partial charge in [0.2, 0.25) is 0 Å². The fourth-order valence-corrected chi connectivity index (χ4v) is 9.01. The Morgan fingerprint density at radius 1 is 0.640 bits per heavy atom. The van der Waals surface area contributed by atoms with E-state index in [0.717, 1.165) is 0 Å². The molecule has 0 aliphatic carbocycles. The molecule has 0 aliphatic heterocycles. The van der Waals surface area contributed by atoms with Gasteiger partial charge in [-0.05, 0) is 0 Å². The summed E-state index contributed by atoms with van der Waals surface area (Å²) in [5.74, 6) is -2.51. The Balaban J connectivity index is 0. The standard InChI is InChI=1S/C16H37P.C4H4O4/c1-5-9-13-17(14-10-6-2,15-11-7-3)16-12-8-4;5-3(6)1-2-4(7)8/h17H,5-16H2,1-4H3;1-2H,(H,5,6)(H,7,8)/b;2-1+. The first-order chi connectivity index (χ1) is 11.9. The maximum Gasteiger partial charge on any atom is 0.328 e. The van der Waals surface area contributed by atoms with Crippen LogP contribution in [-0.4, -0.2) is 46.8 Å². The van der Waals surface area contributed by atoms with E-state index < -0.39 is 19.2 Å². The van der Waals surface area contributed by atoms with Gasteiger partial charge >= 0.3 is 123 Å². The van der Waals surface area contributed by atoms with Gasteiger partial charge < -0.3 is 10.2 Å². The normalized spacial score (nSPS) is 11.8. The molecular weight excluding hydrogens is 335 g/mol. The van der Waals surface area contributed by atoms with Crippen LogP contribution in [0.25, 0.3) is 0 Å². The van der Waals surface area contributed by atoms with E-state index in [9.17, 15) is 9.59 Å². The van der Waals surface area contributed by atoms with Crippen LogP contribution in [0.5, 0.6) is 0 Å². The van der Waals surface area contributed by atoms with Crippen LogP contribution in [0.15, 0.2) is 12.2 Å². The van der Waals surface area contributed by atoms with Crippen LogP contribution < -0.4 is 0 Å². The number of unbranched alkanes of at least 4 members (excludes halogenated alkanes) is 4. The quantitative estimate of drug-likeness (QED) is 0.303. The molecule has 0 atom stereocenters. The molecule has 0 aromatic carbocycles. The molecule has 25 heavy (non-hydrogen) atoms. The first kappa shape index (κ1) is 26.3. The Labute approximate surface area is 155 Å².